The quantitative estimate of drug-likeness (QED) is 0.839. The Morgan fingerprint density at radius 1 is 1.47 bits per heavy atom. The Balaban J connectivity index is 2.30. The van der Waals surface area contributed by atoms with Crippen molar-refractivity contribution in [1.82, 2.24) is 9.78 Å². The molecule has 2 rings (SSSR count). The topological polar surface area (TPSA) is 79.7 Å². The largest absolute Gasteiger partial charge is 0.383 e. The van der Waals surface area contributed by atoms with Gasteiger partial charge in [-0.2, -0.15) is 10.4 Å². The second-order valence-electron chi connectivity index (χ2n) is 4.49. The van der Waals surface area contributed by atoms with Crippen LogP contribution in [0, 0.1) is 11.3 Å². The fourth-order valence-electron chi connectivity index (χ4n) is 2.45. The summed E-state index contributed by atoms with van der Waals surface area (Å²) in [5, 5.41) is 16.7. The summed E-state index contributed by atoms with van der Waals surface area (Å²) in [6, 6.07) is 2.50. The number of hydrogen-bond donors (Lipinski definition) is 2. The average Bonchev–Trinajstić information content (AvgIpc) is 2.67. The number of anilines is 2. The predicted octanol–water partition coefficient (Wildman–Crippen LogP) is 2.27. The van der Waals surface area contributed by atoms with Crippen LogP contribution < -0.4 is 11.1 Å². The van der Waals surface area contributed by atoms with Gasteiger partial charge in [0.15, 0.2) is 5.82 Å². The van der Waals surface area contributed by atoms with Crippen LogP contribution in [0.3, 0.4) is 0 Å². The Bertz CT molecular complexity index is 423. The van der Waals surface area contributed by atoms with Crippen LogP contribution in [0.5, 0.6) is 0 Å². The SMILES string of the molecule is CCNc1nn(C2CCCCC2)c(N)c1C#N. The van der Waals surface area contributed by atoms with Gasteiger partial charge >= 0.3 is 0 Å². The van der Waals surface area contributed by atoms with Crippen LogP contribution >= 0.6 is 0 Å². The van der Waals surface area contributed by atoms with Crippen LogP contribution in [-0.2, 0) is 0 Å². The summed E-state index contributed by atoms with van der Waals surface area (Å²) in [5.74, 6) is 1.13. The second-order valence-corrected chi connectivity index (χ2v) is 4.49. The first-order valence-corrected chi connectivity index (χ1v) is 6.29. The van der Waals surface area contributed by atoms with Gasteiger partial charge in [-0.25, -0.2) is 4.68 Å². The van der Waals surface area contributed by atoms with Crippen LogP contribution in [0.25, 0.3) is 0 Å². The zero-order valence-electron chi connectivity index (χ0n) is 10.2. The lowest BCUT2D eigenvalue weighted by Gasteiger charge is -2.22. The Hall–Kier alpha value is -1.70. The molecule has 0 saturated heterocycles. The van der Waals surface area contributed by atoms with Crippen LogP contribution in [0.1, 0.15) is 50.6 Å². The number of nitrogens with two attached hydrogens (primary N) is 1. The van der Waals surface area contributed by atoms with Gasteiger partial charge in [0.05, 0.1) is 6.04 Å². The Labute approximate surface area is 102 Å². The molecule has 0 unspecified atom stereocenters. The lowest BCUT2D eigenvalue weighted by molar-refractivity contribution is 0.333. The Morgan fingerprint density at radius 3 is 2.76 bits per heavy atom. The molecular formula is C12H19N5. The van der Waals surface area contributed by atoms with Gasteiger partial charge in [-0.3, -0.25) is 0 Å². The summed E-state index contributed by atoms with van der Waals surface area (Å²) in [5.41, 5.74) is 6.50. The summed E-state index contributed by atoms with van der Waals surface area (Å²) in [6.07, 6.45) is 5.97. The molecule has 1 aromatic rings. The molecule has 3 N–H and O–H groups in total. The highest BCUT2D eigenvalue weighted by Gasteiger charge is 2.22. The van der Waals surface area contributed by atoms with Crippen LogP contribution in [-0.4, -0.2) is 16.3 Å². The molecule has 1 heterocycles. The summed E-state index contributed by atoms with van der Waals surface area (Å²) in [7, 11) is 0. The number of rotatable bonds is 3. The molecule has 5 nitrogen and oxygen atoms in total. The second kappa shape index (κ2) is 5.09. The van der Waals surface area contributed by atoms with Crippen molar-refractivity contribution in [3.8, 4) is 6.07 Å². The highest BCUT2D eigenvalue weighted by molar-refractivity contribution is 5.63. The molecule has 0 amide bonds. The fraction of sp³-hybridized carbons (Fsp3) is 0.667. The summed E-state index contributed by atoms with van der Waals surface area (Å²) in [6.45, 7) is 2.73. The predicted molar refractivity (Wildman–Crippen MR) is 67.6 cm³/mol. The van der Waals surface area contributed by atoms with E-state index >= 15 is 0 Å². The van der Waals surface area contributed by atoms with Crippen molar-refractivity contribution in [2.75, 3.05) is 17.6 Å². The minimum absolute atomic E-state index is 0.364. The first kappa shape index (κ1) is 11.8. The van der Waals surface area contributed by atoms with Gasteiger partial charge < -0.3 is 11.1 Å². The number of nitrogens with zero attached hydrogens (tertiary/aromatic N) is 3. The number of nitrogen functional groups attached to an aromatic ring is 1. The number of nitrogens with one attached hydrogen (secondary N) is 1. The lowest BCUT2D eigenvalue weighted by Crippen LogP contribution is -2.16. The van der Waals surface area contributed by atoms with E-state index in [0.29, 0.717) is 23.2 Å². The van der Waals surface area contributed by atoms with Gasteiger partial charge in [-0.15, -0.1) is 0 Å². The first-order chi connectivity index (χ1) is 8.27. The fourth-order valence-corrected chi connectivity index (χ4v) is 2.45. The van der Waals surface area contributed by atoms with Crippen molar-refractivity contribution in [2.45, 2.75) is 45.1 Å². The molecule has 0 radical (unpaired) electrons. The zero-order chi connectivity index (χ0) is 12.3. The minimum Gasteiger partial charge on any atom is -0.383 e. The molecule has 92 valence electrons. The molecule has 0 aromatic carbocycles. The Morgan fingerprint density at radius 2 is 2.18 bits per heavy atom. The number of nitriles is 1. The van der Waals surface area contributed by atoms with Gasteiger partial charge in [0.25, 0.3) is 0 Å². The summed E-state index contributed by atoms with van der Waals surface area (Å²) >= 11 is 0. The number of hydrogen-bond acceptors (Lipinski definition) is 4. The summed E-state index contributed by atoms with van der Waals surface area (Å²) < 4.78 is 1.84. The monoisotopic (exact) mass is 233 g/mol. The van der Waals surface area contributed by atoms with Gasteiger partial charge in [0.2, 0.25) is 0 Å². The maximum Gasteiger partial charge on any atom is 0.168 e. The van der Waals surface area contributed by atoms with Gasteiger partial charge in [0.1, 0.15) is 17.5 Å². The van der Waals surface area contributed by atoms with Crippen LogP contribution in [0.2, 0.25) is 0 Å². The van der Waals surface area contributed by atoms with Crippen molar-refractivity contribution in [3.63, 3.8) is 0 Å². The van der Waals surface area contributed by atoms with E-state index in [0.717, 1.165) is 19.4 Å². The van der Waals surface area contributed by atoms with Gasteiger partial charge in [0, 0.05) is 6.54 Å². The Kier molecular flexibility index (Phi) is 3.52. The molecular weight excluding hydrogens is 214 g/mol. The van der Waals surface area contributed by atoms with E-state index < -0.39 is 0 Å². The molecule has 5 heteroatoms. The van der Waals surface area contributed by atoms with E-state index in [1.807, 2.05) is 11.6 Å². The lowest BCUT2D eigenvalue weighted by atomic mass is 9.96. The van der Waals surface area contributed by atoms with Crippen molar-refractivity contribution < 1.29 is 0 Å². The molecule has 1 aromatic heterocycles. The molecule has 1 saturated carbocycles. The van der Waals surface area contributed by atoms with Crippen LogP contribution in [0.15, 0.2) is 0 Å². The zero-order valence-corrected chi connectivity index (χ0v) is 10.2. The molecule has 1 fully saturated rings. The van der Waals surface area contributed by atoms with E-state index in [-0.39, 0.29) is 0 Å². The first-order valence-electron chi connectivity index (χ1n) is 6.29. The van der Waals surface area contributed by atoms with Gasteiger partial charge in [-0.05, 0) is 19.8 Å². The third-order valence-corrected chi connectivity index (χ3v) is 3.32. The average molecular weight is 233 g/mol. The van der Waals surface area contributed by atoms with E-state index in [1.165, 1.54) is 19.3 Å². The highest BCUT2D eigenvalue weighted by Crippen LogP contribution is 2.32. The van der Waals surface area contributed by atoms with Crippen molar-refractivity contribution >= 4 is 11.6 Å². The molecule has 1 aliphatic carbocycles. The van der Waals surface area contributed by atoms with Crippen LogP contribution in [0.4, 0.5) is 11.6 Å². The van der Waals surface area contributed by atoms with Crippen molar-refractivity contribution in [2.24, 2.45) is 0 Å². The van der Waals surface area contributed by atoms with E-state index in [9.17, 15) is 0 Å². The molecule has 0 bridgehead atoms. The smallest absolute Gasteiger partial charge is 0.168 e. The van der Waals surface area contributed by atoms with E-state index in [1.54, 1.807) is 0 Å². The van der Waals surface area contributed by atoms with E-state index in [2.05, 4.69) is 16.5 Å². The molecule has 0 atom stereocenters. The maximum absolute atomic E-state index is 9.11. The third kappa shape index (κ3) is 2.21. The van der Waals surface area contributed by atoms with Crippen molar-refractivity contribution in [1.29, 1.82) is 5.26 Å². The summed E-state index contributed by atoms with van der Waals surface area (Å²) in [4.78, 5) is 0. The normalized spacial score (nSPS) is 16.7. The highest BCUT2D eigenvalue weighted by atomic mass is 15.4. The maximum atomic E-state index is 9.11. The minimum atomic E-state index is 0.364. The third-order valence-electron chi connectivity index (χ3n) is 3.32. The standard InChI is InChI=1S/C12H19N5/c1-2-15-12-10(8-13)11(14)17(16-12)9-6-4-3-5-7-9/h9H,2-7,14H2,1H3,(H,15,16). The van der Waals surface area contributed by atoms with E-state index in [4.69, 9.17) is 11.0 Å². The number of aromatic nitrogens is 2. The molecule has 1 aliphatic rings. The molecule has 0 spiro atoms. The van der Waals surface area contributed by atoms with Crippen molar-refractivity contribution in [3.05, 3.63) is 5.56 Å². The molecule has 0 aliphatic heterocycles. The van der Waals surface area contributed by atoms with Gasteiger partial charge in [-0.1, -0.05) is 19.3 Å². The molecule has 17 heavy (non-hydrogen) atoms.